The number of nitrogens with zero attached hydrogens (tertiary/aromatic N) is 2. The molecule has 8 heteroatoms. The number of hydrogen-bond acceptors (Lipinski definition) is 4. The van der Waals surface area contributed by atoms with Crippen molar-refractivity contribution in [2.75, 3.05) is 20.1 Å². The van der Waals surface area contributed by atoms with Crippen LogP contribution in [-0.2, 0) is 9.59 Å². The highest BCUT2D eigenvalue weighted by Gasteiger charge is 2.12. The molecule has 0 aliphatic heterocycles. The highest BCUT2D eigenvalue weighted by molar-refractivity contribution is 5.96. The molecule has 0 saturated carbocycles. The molecule has 0 aliphatic rings. The van der Waals surface area contributed by atoms with Gasteiger partial charge in [-0.2, -0.15) is 5.10 Å². The molecule has 0 radical (unpaired) electrons. The maximum absolute atomic E-state index is 11.9. The second-order valence-electron chi connectivity index (χ2n) is 4.23. The van der Waals surface area contributed by atoms with Gasteiger partial charge in [0.25, 0.3) is 5.91 Å². The normalized spacial score (nSPS) is 10.1. The van der Waals surface area contributed by atoms with Gasteiger partial charge in [0.15, 0.2) is 5.69 Å². The Morgan fingerprint density at radius 3 is 2.62 bits per heavy atom. The van der Waals surface area contributed by atoms with E-state index in [1.165, 1.54) is 7.05 Å². The van der Waals surface area contributed by atoms with Crippen LogP contribution in [0.5, 0.6) is 0 Å². The lowest BCUT2D eigenvalue weighted by molar-refractivity contribution is -0.125. The van der Waals surface area contributed by atoms with Crippen molar-refractivity contribution in [2.45, 2.75) is 0 Å². The molecular weight excluding hydrogens is 274 g/mol. The quantitative estimate of drug-likeness (QED) is 0.651. The Kier molecular flexibility index (Phi) is 4.50. The Labute approximate surface area is 120 Å². The first-order valence-corrected chi connectivity index (χ1v) is 6.30. The number of rotatable bonds is 5. The highest BCUT2D eigenvalue weighted by atomic mass is 16.2. The van der Waals surface area contributed by atoms with E-state index < -0.39 is 11.8 Å². The summed E-state index contributed by atoms with van der Waals surface area (Å²) in [5.74, 6) is -1.21. The lowest BCUT2D eigenvalue weighted by Gasteiger charge is -2.04. The molecule has 2 aromatic heterocycles. The molecule has 0 unspecified atom stereocenters. The number of hydrogen-bond donors (Lipinski definition) is 3. The monoisotopic (exact) mass is 289 g/mol. The smallest absolute Gasteiger partial charge is 0.272 e. The van der Waals surface area contributed by atoms with Crippen molar-refractivity contribution >= 4 is 23.2 Å². The Bertz CT molecular complexity index is 646. The zero-order valence-electron chi connectivity index (χ0n) is 11.4. The zero-order chi connectivity index (χ0) is 15.2. The summed E-state index contributed by atoms with van der Waals surface area (Å²) in [6, 6.07) is 7.08. The van der Waals surface area contributed by atoms with Gasteiger partial charge in [0.05, 0.1) is 18.6 Å². The predicted octanol–water partition coefficient (Wildman–Crippen LogP) is -1.07. The maximum Gasteiger partial charge on any atom is 0.272 e. The Balaban J connectivity index is 1.87. The van der Waals surface area contributed by atoms with Crippen LogP contribution in [0.4, 0.5) is 0 Å². The van der Waals surface area contributed by atoms with Crippen molar-refractivity contribution in [3.63, 3.8) is 0 Å². The summed E-state index contributed by atoms with van der Waals surface area (Å²) in [4.78, 5) is 34.3. The van der Waals surface area contributed by atoms with Gasteiger partial charge in [-0.05, 0) is 18.2 Å². The molecule has 3 amide bonds. The number of carbonyl (C=O) groups is 3. The first-order valence-electron chi connectivity index (χ1n) is 6.30. The van der Waals surface area contributed by atoms with E-state index in [1.54, 1.807) is 22.8 Å². The third-order valence-corrected chi connectivity index (χ3v) is 2.74. The second-order valence-corrected chi connectivity index (χ2v) is 4.23. The molecule has 8 nitrogen and oxygen atoms in total. The molecular formula is C13H15N5O3. The van der Waals surface area contributed by atoms with Gasteiger partial charge in [-0.1, -0.05) is 6.07 Å². The lowest BCUT2D eigenvalue weighted by Crippen LogP contribution is -2.41. The molecule has 0 fully saturated rings. The van der Waals surface area contributed by atoms with Gasteiger partial charge in [0.2, 0.25) is 11.8 Å². The molecule has 0 atom stereocenters. The van der Waals surface area contributed by atoms with Gasteiger partial charge in [-0.15, -0.1) is 0 Å². The standard InChI is InChI=1S/C13H15N5O3/c1-14-11(19)7-15-12(20)8-16-13(21)10-6-9-4-2-3-5-18(9)17-10/h2-6H,7-8H2,1H3,(H,14,19)(H,15,20)(H,16,21). The van der Waals surface area contributed by atoms with Crippen LogP contribution in [0.15, 0.2) is 30.5 Å². The fourth-order valence-electron chi connectivity index (χ4n) is 1.63. The summed E-state index contributed by atoms with van der Waals surface area (Å²) < 4.78 is 1.57. The molecule has 2 aromatic rings. The molecule has 0 aliphatic carbocycles. The third-order valence-electron chi connectivity index (χ3n) is 2.74. The summed E-state index contributed by atoms with van der Waals surface area (Å²) in [5, 5.41) is 11.3. The van der Waals surface area contributed by atoms with Crippen LogP contribution in [0, 0.1) is 0 Å². The van der Waals surface area contributed by atoms with Gasteiger partial charge in [-0.25, -0.2) is 4.52 Å². The minimum absolute atomic E-state index is 0.125. The molecule has 0 bridgehead atoms. The van der Waals surface area contributed by atoms with E-state index >= 15 is 0 Å². The molecule has 2 heterocycles. The molecule has 0 aromatic carbocycles. The zero-order valence-corrected chi connectivity index (χ0v) is 11.4. The number of likely N-dealkylation sites (N-methyl/N-ethyl adjacent to an activating group) is 1. The van der Waals surface area contributed by atoms with Gasteiger partial charge in [0.1, 0.15) is 0 Å². The van der Waals surface area contributed by atoms with Crippen molar-refractivity contribution < 1.29 is 14.4 Å². The summed E-state index contributed by atoms with van der Waals surface area (Å²) in [6.07, 6.45) is 1.72. The SMILES string of the molecule is CNC(=O)CNC(=O)CNC(=O)c1cc2ccccn2n1. The van der Waals surface area contributed by atoms with Crippen LogP contribution in [-0.4, -0.2) is 47.5 Å². The summed E-state index contributed by atoms with van der Waals surface area (Å²) in [5.41, 5.74) is 1.01. The number of amides is 3. The summed E-state index contributed by atoms with van der Waals surface area (Å²) >= 11 is 0. The van der Waals surface area contributed by atoms with Crippen molar-refractivity contribution in [3.05, 3.63) is 36.2 Å². The van der Waals surface area contributed by atoms with Crippen LogP contribution in [0.1, 0.15) is 10.5 Å². The van der Waals surface area contributed by atoms with Crippen LogP contribution >= 0.6 is 0 Å². The van der Waals surface area contributed by atoms with Crippen LogP contribution in [0.3, 0.4) is 0 Å². The van der Waals surface area contributed by atoms with Gasteiger partial charge >= 0.3 is 0 Å². The van der Waals surface area contributed by atoms with Crippen LogP contribution < -0.4 is 16.0 Å². The van der Waals surface area contributed by atoms with E-state index in [1.807, 2.05) is 12.1 Å². The van der Waals surface area contributed by atoms with Crippen molar-refractivity contribution in [3.8, 4) is 0 Å². The van der Waals surface area contributed by atoms with Gasteiger partial charge < -0.3 is 16.0 Å². The highest BCUT2D eigenvalue weighted by Crippen LogP contribution is 2.05. The number of fused-ring (bicyclic) bond motifs is 1. The molecule has 0 saturated heterocycles. The minimum atomic E-state index is -0.450. The summed E-state index contributed by atoms with van der Waals surface area (Å²) in [7, 11) is 1.47. The maximum atomic E-state index is 11.9. The van der Waals surface area contributed by atoms with Crippen molar-refractivity contribution in [1.82, 2.24) is 25.6 Å². The van der Waals surface area contributed by atoms with E-state index in [0.717, 1.165) is 5.52 Å². The number of carbonyl (C=O) groups excluding carboxylic acids is 3. The second kappa shape index (κ2) is 6.51. The number of pyridine rings is 1. The topological polar surface area (TPSA) is 105 Å². The molecule has 110 valence electrons. The van der Waals surface area contributed by atoms with Crippen LogP contribution in [0.25, 0.3) is 5.52 Å². The van der Waals surface area contributed by atoms with Crippen molar-refractivity contribution in [1.29, 1.82) is 0 Å². The number of aromatic nitrogens is 2. The molecule has 0 spiro atoms. The molecule has 2 rings (SSSR count). The predicted molar refractivity (Wildman–Crippen MR) is 74.6 cm³/mol. The molecule has 21 heavy (non-hydrogen) atoms. The first kappa shape index (κ1) is 14.5. The van der Waals surface area contributed by atoms with E-state index in [9.17, 15) is 14.4 Å². The Morgan fingerprint density at radius 1 is 1.14 bits per heavy atom. The first-order chi connectivity index (χ1) is 10.1. The minimum Gasteiger partial charge on any atom is -0.358 e. The third kappa shape index (κ3) is 3.78. The molecule has 3 N–H and O–H groups in total. The lowest BCUT2D eigenvalue weighted by atomic mass is 10.3. The van der Waals surface area contributed by atoms with E-state index in [2.05, 4.69) is 21.0 Å². The average Bonchev–Trinajstić information content (AvgIpc) is 2.94. The van der Waals surface area contributed by atoms with E-state index in [-0.39, 0.29) is 24.7 Å². The Hall–Kier alpha value is -2.90. The summed E-state index contributed by atoms with van der Waals surface area (Å²) in [6.45, 7) is -0.344. The average molecular weight is 289 g/mol. The van der Waals surface area contributed by atoms with Gasteiger partial charge in [-0.3, -0.25) is 14.4 Å². The van der Waals surface area contributed by atoms with Gasteiger partial charge in [0, 0.05) is 13.2 Å². The van der Waals surface area contributed by atoms with E-state index in [0.29, 0.717) is 0 Å². The number of nitrogens with one attached hydrogen (secondary N) is 3. The van der Waals surface area contributed by atoms with Crippen LogP contribution in [0.2, 0.25) is 0 Å². The Morgan fingerprint density at radius 2 is 1.90 bits per heavy atom. The van der Waals surface area contributed by atoms with Crippen molar-refractivity contribution in [2.24, 2.45) is 0 Å². The fourth-order valence-corrected chi connectivity index (χ4v) is 1.63. The largest absolute Gasteiger partial charge is 0.358 e. The van der Waals surface area contributed by atoms with E-state index in [4.69, 9.17) is 0 Å². The fraction of sp³-hybridized carbons (Fsp3) is 0.231.